The van der Waals surface area contributed by atoms with E-state index in [2.05, 4.69) is 43.2 Å². The predicted octanol–water partition coefficient (Wildman–Crippen LogP) is 5.78. The number of hydrogen-bond donors (Lipinski definition) is 3. The third kappa shape index (κ3) is 5.99. The molecule has 3 N–H and O–H groups in total. The number of amides is 2. The first kappa shape index (κ1) is 23.6. The molecule has 32 heavy (non-hydrogen) atoms. The van der Waals surface area contributed by atoms with E-state index in [0.717, 1.165) is 24.3 Å². The van der Waals surface area contributed by atoms with E-state index in [1.807, 2.05) is 18.2 Å². The average Bonchev–Trinajstić information content (AvgIpc) is 3.50. The van der Waals surface area contributed by atoms with Crippen molar-refractivity contribution in [3.05, 3.63) is 53.8 Å². The minimum Gasteiger partial charge on any atom is -0.481 e. The van der Waals surface area contributed by atoms with Crippen LogP contribution >= 0.6 is 0 Å². The van der Waals surface area contributed by atoms with Crippen molar-refractivity contribution in [2.24, 2.45) is 17.8 Å². The molecule has 3 rings (SSSR count). The van der Waals surface area contributed by atoms with Crippen molar-refractivity contribution < 1.29 is 19.1 Å². The first-order valence-corrected chi connectivity index (χ1v) is 11.1. The number of anilines is 3. The number of nitrogens with zero attached hydrogens (tertiary/aromatic N) is 1. The number of carboxylic acid groups (broad SMARTS) is 1. The lowest BCUT2D eigenvalue weighted by molar-refractivity contribution is -0.138. The molecule has 1 aliphatic rings. The van der Waals surface area contributed by atoms with Crippen LogP contribution in [0.2, 0.25) is 0 Å². The van der Waals surface area contributed by atoms with Gasteiger partial charge in [0.2, 0.25) is 0 Å². The van der Waals surface area contributed by atoms with Crippen LogP contribution in [0.3, 0.4) is 0 Å². The van der Waals surface area contributed by atoms with Gasteiger partial charge in [0, 0.05) is 13.1 Å². The number of carboxylic acids is 1. The van der Waals surface area contributed by atoms with E-state index < -0.39 is 17.8 Å². The van der Waals surface area contributed by atoms with Crippen LogP contribution in [0.15, 0.2) is 42.5 Å². The number of hydrogen-bond acceptors (Lipinski definition) is 3. The average molecular weight is 442 g/mol. The van der Waals surface area contributed by atoms with E-state index in [4.69, 9.17) is 0 Å². The molecule has 2 aromatic carbocycles. The van der Waals surface area contributed by atoms with Gasteiger partial charge < -0.3 is 20.6 Å². The summed E-state index contributed by atoms with van der Waals surface area (Å²) in [5.74, 6) is -0.933. The standard InChI is InChI=1S/C25H32FN3O3/c1-15(2)13-29(14-16(3)4)23-10-9-17(18-12-19(18)24(30)31)11-22(23)28-25(32)27-21-8-6-5-7-20(21)26/h5-11,15-16,18-19H,12-14H2,1-4H3,(H,30,31)(H2,27,28,32). The molecule has 2 amide bonds. The highest BCUT2D eigenvalue weighted by Gasteiger charge is 2.44. The van der Waals surface area contributed by atoms with E-state index in [0.29, 0.717) is 23.9 Å². The topological polar surface area (TPSA) is 81.7 Å². The van der Waals surface area contributed by atoms with Crippen LogP contribution in [0.1, 0.15) is 45.6 Å². The molecule has 1 saturated carbocycles. The second kappa shape index (κ2) is 10.0. The smallest absolute Gasteiger partial charge is 0.323 e. The molecule has 2 atom stereocenters. The van der Waals surface area contributed by atoms with Gasteiger partial charge in [-0.1, -0.05) is 45.9 Å². The SMILES string of the molecule is CC(C)CN(CC(C)C)c1ccc(C2CC2C(=O)O)cc1NC(=O)Nc1ccccc1F. The highest BCUT2D eigenvalue weighted by molar-refractivity contribution is 6.02. The molecule has 0 spiro atoms. The maximum Gasteiger partial charge on any atom is 0.323 e. The predicted molar refractivity (Wildman–Crippen MR) is 126 cm³/mol. The van der Waals surface area contributed by atoms with Crippen LogP contribution in [-0.4, -0.2) is 30.2 Å². The van der Waals surface area contributed by atoms with Gasteiger partial charge in [0.05, 0.1) is 23.0 Å². The normalized spacial score (nSPS) is 17.3. The largest absolute Gasteiger partial charge is 0.481 e. The van der Waals surface area contributed by atoms with E-state index in [1.54, 1.807) is 12.1 Å². The lowest BCUT2D eigenvalue weighted by Gasteiger charge is -2.30. The van der Waals surface area contributed by atoms with E-state index in [-0.39, 0.29) is 17.5 Å². The zero-order valence-electron chi connectivity index (χ0n) is 19.1. The van der Waals surface area contributed by atoms with Gasteiger partial charge in [0.1, 0.15) is 5.82 Å². The Morgan fingerprint density at radius 1 is 1.03 bits per heavy atom. The summed E-state index contributed by atoms with van der Waals surface area (Å²) in [5.41, 5.74) is 2.44. The number of benzene rings is 2. The summed E-state index contributed by atoms with van der Waals surface area (Å²) in [6.07, 6.45) is 0.594. The van der Waals surface area contributed by atoms with E-state index >= 15 is 0 Å². The number of rotatable bonds is 9. The van der Waals surface area contributed by atoms with Crippen molar-refractivity contribution in [2.45, 2.75) is 40.0 Å². The van der Waals surface area contributed by atoms with Gasteiger partial charge in [-0.25, -0.2) is 9.18 Å². The maximum absolute atomic E-state index is 14.0. The first-order valence-electron chi connectivity index (χ1n) is 11.1. The molecule has 0 heterocycles. The van der Waals surface area contributed by atoms with Crippen LogP contribution in [-0.2, 0) is 4.79 Å². The fourth-order valence-corrected chi connectivity index (χ4v) is 3.99. The zero-order chi connectivity index (χ0) is 23.4. The molecule has 172 valence electrons. The number of aliphatic carboxylic acids is 1. The lowest BCUT2D eigenvalue weighted by Crippen LogP contribution is -2.32. The minimum atomic E-state index is -0.799. The van der Waals surface area contributed by atoms with Crippen LogP contribution in [0.4, 0.5) is 26.2 Å². The van der Waals surface area contributed by atoms with Crippen LogP contribution in [0.5, 0.6) is 0 Å². The summed E-state index contributed by atoms with van der Waals surface area (Å²) in [6.45, 7) is 10.2. The molecule has 2 aromatic rings. The van der Waals surface area contributed by atoms with Gasteiger partial charge in [0.15, 0.2) is 0 Å². The Morgan fingerprint density at radius 3 is 2.22 bits per heavy atom. The second-order valence-corrected chi connectivity index (χ2v) is 9.32. The molecule has 0 saturated heterocycles. The Hall–Kier alpha value is -3.09. The van der Waals surface area contributed by atoms with E-state index in [1.165, 1.54) is 12.1 Å². The number of urea groups is 1. The molecule has 1 aliphatic carbocycles. The third-order valence-electron chi connectivity index (χ3n) is 5.44. The number of nitrogens with one attached hydrogen (secondary N) is 2. The molecule has 6 nitrogen and oxygen atoms in total. The summed E-state index contributed by atoms with van der Waals surface area (Å²) < 4.78 is 14.0. The Morgan fingerprint density at radius 2 is 1.66 bits per heavy atom. The van der Waals surface area contributed by atoms with Gasteiger partial charge in [-0.3, -0.25) is 4.79 Å². The van der Waals surface area contributed by atoms with Crippen LogP contribution in [0.25, 0.3) is 0 Å². The second-order valence-electron chi connectivity index (χ2n) is 9.32. The van der Waals surface area contributed by atoms with Crippen LogP contribution in [0, 0.1) is 23.6 Å². The Kier molecular flexibility index (Phi) is 7.38. The van der Waals surface area contributed by atoms with Crippen molar-refractivity contribution in [1.82, 2.24) is 0 Å². The zero-order valence-corrected chi connectivity index (χ0v) is 19.1. The molecule has 0 radical (unpaired) electrons. The summed E-state index contributed by atoms with van der Waals surface area (Å²) in [7, 11) is 0. The number of para-hydroxylation sites is 1. The molecule has 2 unspecified atom stereocenters. The minimum absolute atomic E-state index is 0.0552. The first-order chi connectivity index (χ1) is 15.2. The van der Waals surface area contributed by atoms with Gasteiger partial charge >= 0.3 is 12.0 Å². The van der Waals surface area contributed by atoms with Crippen LogP contribution < -0.4 is 15.5 Å². The molecule has 7 heteroatoms. The van der Waals surface area contributed by atoms with Crippen molar-refractivity contribution in [1.29, 1.82) is 0 Å². The van der Waals surface area contributed by atoms with Crippen molar-refractivity contribution >= 4 is 29.1 Å². The molecular formula is C25H32FN3O3. The van der Waals surface area contributed by atoms with Crippen molar-refractivity contribution in [2.75, 3.05) is 28.6 Å². The summed E-state index contributed by atoms with van der Waals surface area (Å²) >= 11 is 0. The summed E-state index contributed by atoms with van der Waals surface area (Å²) in [5, 5.41) is 14.7. The summed E-state index contributed by atoms with van der Waals surface area (Å²) in [6, 6.07) is 11.2. The quantitative estimate of drug-likeness (QED) is 0.461. The van der Waals surface area contributed by atoms with E-state index in [9.17, 15) is 19.1 Å². The fraction of sp³-hybridized carbons (Fsp3) is 0.440. The third-order valence-corrected chi connectivity index (χ3v) is 5.44. The monoisotopic (exact) mass is 441 g/mol. The Bertz CT molecular complexity index is 967. The Balaban J connectivity index is 1.90. The fourth-order valence-electron chi connectivity index (χ4n) is 3.99. The molecule has 0 bridgehead atoms. The van der Waals surface area contributed by atoms with Crippen molar-refractivity contribution in [3.8, 4) is 0 Å². The highest BCUT2D eigenvalue weighted by Crippen LogP contribution is 2.49. The highest BCUT2D eigenvalue weighted by atomic mass is 19.1. The molecule has 1 fully saturated rings. The number of carbonyl (C=O) groups excluding carboxylic acids is 1. The van der Waals surface area contributed by atoms with Gasteiger partial charge in [-0.15, -0.1) is 0 Å². The summed E-state index contributed by atoms with van der Waals surface area (Å²) in [4.78, 5) is 26.3. The molecular weight excluding hydrogens is 409 g/mol. The molecule has 0 aromatic heterocycles. The van der Waals surface area contributed by atoms with Gasteiger partial charge in [-0.2, -0.15) is 0 Å². The number of carbonyl (C=O) groups is 2. The van der Waals surface area contributed by atoms with Crippen molar-refractivity contribution in [3.63, 3.8) is 0 Å². The number of halogens is 1. The Labute approximate surface area is 188 Å². The lowest BCUT2D eigenvalue weighted by atomic mass is 10.0. The molecule has 0 aliphatic heterocycles. The maximum atomic E-state index is 14.0. The van der Waals surface area contributed by atoms with Gasteiger partial charge in [-0.05, 0) is 54.0 Å². The van der Waals surface area contributed by atoms with Gasteiger partial charge in [0.25, 0.3) is 0 Å².